The molecule has 10 nitrogen and oxygen atoms in total. The maximum absolute atomic E-state index is 12.9. The van der Waals surface area contributed by atoms with Gasteiger partial charge in [-0.3, -0.25) is 9.69 Å². The number of hydrogen-bond acceptors (Lipinski definition) is 8. The van der Waals surface area contributed by atoms with Crippen molar-refractivity contribution in [3.8, 4) is 0 Å². The molecule has 0 radical (unpaired) electrons. The number of carbonyl (C=O) groups is 1. The zero-order chi connectivity index (χ0) is 18.9. The fraction of sp³-hybridized carbons (Fsp3) is 0.611. The van der Waals surface area contributed by atoms with Gasteiger partial charge in [0, 0.05) is 51.7 Å². The molecule has 0 N–H and O–H groups in total. The molecule has 2 saturated heterocycles. The van der Waals surface area contributed by atoms with Gasteiger partial charge in [0.15, 0.2) is 0 Å². The lowest BCUT2D eigenvalue weighted by Crippen LogP contribution is -2.54. The molecule has 148 valence electrons. The van der Waals surface area contributed by atoms with Crippen LogP contribution in [0.3, 0.4) is 0 Å². The van der Waals surface area contributed by atoms with Gasteiger partial charge in [0.1, 0.15) is 0 Å². The first-order valence-electron chi connectivity index (χ1n) is 9.81. The van der Waals surface area contributed by atoms with E-state index >= 15 is 0 Å². The lowest BCUT2D eigenvalue weighted by atomic mass is 10.0. The summed E-state index contributed by atoms with van der Waals surface area (Å²) in [5.74, 6) is 0.937. The van der Waals surface area contributed by atoms with Crippen LogP contribution in [-0.4, -0.2) is 92.6 Å². The van der Waals surface area contributed by atoms with Crippen molar-refractivity contribution < 1.29 is 9.53 Å². The molecule has 3 aliphatic heterocycles. The van der Waals surface area contributed by atoms with Crippen molar-refractivity contribution in [1.82, 2.24) is 34.8 Å². The van der Waals surface area contributed by atoms with E-state index in [1.165, 1.54) is 0 Å². The molecule has 0 saturated carbocycles. The second-order valence-corrected chi connectivity index (χ2v) is 7.53. The van der Waals surface area contributed by atoms with Crippen LogP contribution in [0.15, 0.2) is 24.7 Å². The molecule has 2 aromatic heterocycles. The first-order valence-corrected chi connectivity index (χ1v) is 9.81. The van der Waals surface area contributed by atoms with Gasteiger partial charge in [-0.15, -0.1) is 5.10 Å². The molecule has 28 heavy (non-hydrogen) atoms. The van der Waals surface area contributed by atoms with Gasteiger partial charge in [-0.1, -0.05) is 5.21 Å². The summed E-state index contributed by atoms with van der Waals surface area (Å²) >= 11 is 0. The number of piperidine rings is 1. The summed E-state index contributed by atoms with van der Waals surface area (Å²) in [5.41, 5.74) is 0.981. The van der Waals surface area contributed by atoms with E-state index in [1.807, 2.05) is 15.6 Å². The molecule has 0 unspecified atom stereocenters. The first-order chi connectivity index (χ1) is 13.8. The van der Waals surface area contributed by atoms with Crippen molar-refractivity contribution in [1.29, 1.82) is 0 Å². The van der Waals surface area contributed by atoms with Crippen LogP contribution in [0.25, 0.3) is 0 Å². The lowest BCUT2D eigenvalue weighted by molar-refractivity contribution is -0.139. The van der Waals surface area contributed by atoms with E-state index in [9.17, 15) is 4.79 Å². The summed E-state index contributed by atoms with van der Waals surface area (Å²) in [7, 11) is 0. The third-order valence-electron chi connectivity index (χ3n) is 5.85. The van der Waals surface area contributed by atoms with E-state index in [-0.39, 0.29) is 18.1 Å². The van der Waals surface area contributed by atoms with Gasteiger partial charge >= 0.3 is 0 Å². The predicted octanol–water partition coefficient (Wildman–Crippen LogP) is -0.437. The third-order valence-corrected chi connectivity index (χ3v) is 5.85. The summed E-state index contributed by atoms with van der Waals surface area (Å²) in [6.45, 7) is 5.71. The second-order valence-electron chi connectivity index (χ2n) is 7.53. The van der Waals surface area contributed by atoms with Gasteiger partial charge in [-0.05, 0) is 12.5 Å². The van der Waals surface area contributed by atoms with Crippen molar-refractivity contribution in [2.45, 2.75) is 25.2 Å². The summed E-state index contributed by atoms with van der Waals surface area (Å²) in [5, 5.41) is 8.21. The minimum atomic E-state index is 0.0658. The van der Waals surface area contributed by atoms with E-state index in [0.717, 1.165) is 50.8 Å². The van der Waals surface area contributed by atoms with Crippen LogP contribution in [-0.2, 0) is 16.1 Å². The van der Waals surface area contributed by atoms with E-state index in [2.05, 4.69) is 30.1 Å². The molecule has 0 aromatic carbocycles. The van der Waals surface area contributed by atoms with Crippen molar-refractivity contribution in [3.63, 3.8) is 0 Å². The monoisotopic (exact) mass is 384 g/mol. The second kappa shape index (κ2) is 7.44. The molecular weight excluding hydrogens is 360 g/mol. The van der Waals surface area contributed by atoms with Crippen LogP contribution >= 0.6 is 0 Å². The molecule has 5 rings (SSSR count). The standard InChI is InChI=1S/C18H24N8O2/c27-17(12-23-6-8-24(9-7-23)18-19-3-1-4-20-18)25-5-2-16-15(11-25)26-14(13-28-16)10-21-22-26/h1,3-4,10,15-16H,2,5-9,11-13H2/t15-,16-/m0/s1. The first kappa shape index (κ1) is 17.5. The Labute approximate surface area is 163 Å². The molecule has 5 heterocycles. The zero-order valence-electron chi connectivity index (χ0n) is 15.7. The number of ether oxygens (including phenoxy) is 1. The van der Waals surface area contributed by atoms with Gasteiger partial charge in [-0.2, -0.15) is 0 Å². The average molecular weight is 384 g/mol. The SMILES string of the molecule is O=C(CN1CCN(c2ncccn2)CC1)N1CC[C@@H]2OCc3cnnn3[C@H]2C1. The van der Waals surface area contributed by atoms with Gasteiger partial charge in [0.05, 0.1) is 37.2 Å². The summed E-state index contributed by atoms with van der Waals surface area (Å²) in [4.78, 5) is 27.9. The van der Waals surface area contributed by atoms with Crippen molar-refractivity contribution >= 4 is 11.9 Å². The quantitative estimate of drug-likeness (QED) is 0.703. The molecule has 2 aromatic rings. The fourth-order valence-electron chi connectivity index (χ4n) is 4.26. The van der Waals surface area contributed by atoms with Crippen LogP contribution in [0.4, 0.5) is 5.95 Å². The minimum absolute atomic E-state index is 0.0658. The van der Waals surface area contributed by atoms with Crippen molar-refractivity contribution in [3.05, 3.63) is 30.4 Å². The Morgan fingerprint density at radius 1 is 1.14 bits per heavy atom. The molecule has 0 spiro atoms. The number of rotatable bonds is 3. The van der Waals surface area contributed by atoms with Gasteiger partial charge in [0.2, 0.25) is 11.9 Å². The lowest BCUT2D eigenvalue weighted by Gasteiger charge is -2.42. The van der Waals surface area contributed by atoms with Crippen LogP contribution < -0.4 is 4.90 Å². The van der Waals surface area contributed by atoms with E-state index in [4.69, 9.17) is 4.74 Å². The summed E-state index contributed by atoms with van der Waals surface area (Å²) < 4.78 is 7.87. The Bertz CT molecular complexity index is 820. The van der Waals surface area contributed by atoms with Crippen molar-refractivity contribution in [2.24, 2.45) is 0 Å². The van der Waals surface area contributed by atoms with Crippen LogP contribution in [0.5, 0.6) is 0 Å². The zero-order valence-corrected chi connectivity index (χ0v) is 15.7. The van der Waals surface area contributed by atoms with Crippen LogP contribution in [0.2, 0.25) is 0 Å². The molecule has 0 aliphatic carbocycles. The third kappa shape index (κ3) is 3.33. The molecule has 3 aliphatic rings. The number of amides is 1. The number of anilines is 1. The highest BCUT2D eigenvalue weighted by Gasteiger charge is 2.38. The smallest absolute Gasteiger partial charge is 0.236 e. The fourth-order valence-corrected chi connectivity index (χ4v) is 4.26. The maximum Gasteiger partial charge on any atom is 0.236 e. The normalized spacial score (nSPS) is 25.3. The van der Waals surface area contributed by atoms with Crippen LogP contribution in [0.1, 0.15) is 18.2 Å². The Morgan fingerprint density at radius 3 is 2.79 bits per heavy atom. The summed E-state index contributed by atoms with van der Waals surface area (Å²) in [6, 6.07) is 1.89. The highest BCUT2D eigenvalue weighted by molar-refractivity contribution is 5.78. The highest BCUT2D eigenvalue weighted by atomic mass is 16.5. The number of aromatic nitrogens is 5. The topological polar surface area (TPSA) is 92.5 Å². The van der Waals surface area contributed by atoms with E-state index < -0.39 is 0 Å². The number of hydrogen-bond donors (Lipinski definition) is 0. The molecular formula is C18H24N8O2. The average Bonchev–Trinajstić information content (AvgIpc) is 3.24. The highest BCUT2D eigenvalue weighted by Crippen LogP contribution is 2.30. The van der Waals surface area contributed by atoms with E-state index in [0.29, 0.717) is 19.7 Å². The minimum Gasteiger partial charge on any atom is -0.370 e. The Balaban J connectivity index is 1.16. The number of piperazine rings is 1. The number of nitrogens with zero attached hydrogens (tertiary/aromatic N) is 8. The van der Waals surface area contributed by atoms with Gasteiger partial charge < -0.3 is 14.5 Å². The number of carbonyl (C=O) groups excluding carboxylic acids is 1. The Hall–Kier alpha value is -2.59. The molecule has 2 atom stereocenters. The number of fused-ring (bicyclic) bond motifs is 3. The van der Waals surface area contributed by atoms with Gasteiger partial charge in [-0.25, -0.2) is 14.6 Å². The van der Waals surface area contributed by atoms with E-state index in [1.54, 1.807) is 18.6 Å². The largest absolute Gasteiger partial charge is 0.370 e. The van der Waals surface area contributed by atoms with Crippen molar-refractivity contribution in [2.75, 3.05) is 50.7 Å². The molecule has 2 fully saturated rings. The van der Waals surface area contributed by atoms with Gasteiger partial charge in [0.25, 0.3) is 0 Å². The Morgan fingerprint density at radius 2 is 1.96 bits per heavy atom. The Kier molecular flexibility index (Phi) is 4.65. The number of likely N-dealkylation sites (tertiary alicyclic amines) is 1. The molecule has 10 heteroatoms. The molecule has 0 bridgehead atoms. The predicted molar refractivity (Wildman–Crippen MR) is 99.5 cm³/mol. The molecule has 1 amide bonds. The summed E-state index contributed by atoms with van der Waals surface area (Å²) in [6.07, 6.45) is 6.23. The van der Waals surface area contributed by atoms with Crippen LogP contribution in [0, 0.1) is 0 Å². The maximum atomic E-state index is 12.9.